The molecule has 0 unspecified atom stereocenters. The minimum absolute atomic E-state index is 0.227. The van der Waals surface area contributed by atoms with Gasteiger partial charge < -0.3 is 9.84 Å². The van der Waals surface area contributed by atoms with E-state index in [0.29, 0.717) is 12.6 Å². The number of thioether (sulfide) groups is 1. The summed E-state index contributed by atoms with van der Waals surface area (Å²) < 4.78 is 5.80. The average molecular weight is 401 g/mol. The Morgan fingerprint density at radius 3 is 2.57 bits per heavy atom. The summed E-state index contributed by atoms with van der Waals surface area (Å²) in [6, 6.07) is 17.5. The lowest BCUT2D eigenvalue weighted by Gasteiger charge is -2.41. The molecule has 3 rings (SSSR count). The van der Waals surface area contributed by atoms with Gasteiger partial charge in [0.2, 0.25) is 0 Å². The molecule has 0 spiro atoms. The number of benzene rings is 2. The summed E-state index contributed by atoms with van der Waals surface area (Å²) in [6.45, 7) is 7.82. The van der Waals surface area contributed by atoms with Gasteiger partial charge in [0.1, 0.15) is 5.75 Å². The molecule has 0 radical (unpaired) electrons. The van der Waals surface area contributed by atoms with Gasteiger partial charge in [-0.3, -0.25) is 9.80 Å². The molecular formula is C23H32N2O2S. The predicted molar refractivity (Wildman–Crippen MR) is 117 cm³/mol. The van der Waals surface area contributed by atoms with Crippen molar-refractivity contribution < 1.29 is 9.84 Å². The second-order valence-electron chi connectivity index (χ2n) is 7.26. The molecular weight excluding hydrogens is 368 g/mol. The number of nitrogens with zero attached hydrogens (tertiary/aromatic N) is 2. The van der Waals surface area contributed by atoms with E-state index in [1.807, 2.05) is 19.1 Å². The van der Waals surface area contributed by atoms with Gasteiger partial charge in [-0.05, 0) is 43.4 Å². The van der Waals surface area contributed by atoms with E-state index in [4.69, 9.17) is 4.74 Å². The maximum absolute atomic E-state index is 9.60. The quantitative estimate of drug-likeness (QED) is 0.647. The SMILES string of the molecule is CCOc1ccccc1CN1CCN(Cc2ccc(SC)cc2)C[C@H]1CCO. The van der Waals surface area contributed by atoms with E-state index >= 15 is 0 Å². The Hall–Kier alpha value is -1.53. The third-order valence-corrected chi connectivity index (χ3v) is 6.11. The van der Waals surface area contributed by atoms with Gasteiger partial charge in [-0.1, -0.05) is 30.3 Å². The Morgan fingerprint density at radius 2 is 1.86 bits per heavy atom. The topological polar surface area (TPSA) is 35.9 Å². The first-order chi connectivity index (χ1) is 13.7. The van der Waals surface area contributed by atoms with Crippen LogP contribution in [0.25, 0.3) is 0 Å². The Labute approximate surface area is 173 Å². The first kappa shape index (κ1) is 21.2. The van der Waals surface area contributed by atoms with Crippen LogP contribution in [0.2, 0.25) is 0 Å². The smallest absolute Gasteiger partial charge is 0.123 e. The van der Waals surface area contributed by atoms with Crippen LogP contribution >= 0.6 is 11.8 Å². The van der Waals surface area contributed by atoms with Gasteiger partial charge >= 0.3 is 0 Å². The van der Waals surface area contributed by atoms with Gasteiger partial charge in [0, 0.05) is 55.8 Å². The molecule has 5 heteroatoms. The van der Waals surface area contributed by atoms with Crippen molar-refractivity contribution in [3.05, 3.63) is 59.7 Å². The molecule has 1 N–H and O–H groups in total. The van der Waals surface area contributed by atoms with Crippen LogP contribution in [-0.4, -0.2) is 60.1 Å². The van der Waals surface area contributed by atoms with E-state index < -0.39 is 0 Å². The summed E-state index contributed by atoms with van der Waals surface area (Å²) in [5, 5.41) is 9.60. The van der Waals surface area contributed by atoms with E-state index in [9.17, 15) is 5.11 Å². The second kappa shape index (κ2) is 10.9. The Balaban J connectivity index is 1.63. The Morgan fingerprint density at radius 1 is 1.07 bits per heavy atom. The highest BCUT2D eigenvalue weighted by molar-refractivity contribution is 7.98. The molecule has 1 heterocycles. The van der Waals surface area contributed by atoms with Crippen LogP contribution in [-0.2, 0) is 13.1 Å². The van der Waals surface area contributed by atoms with Crippen LogP contribution in [0.1, 0.15) is 24.5 Å². The lowest BCUT2D eigenvalue weighted by Crippen LogP contribution is -2.52. The maximum Gasteiger partial charge on any atom is 0.123 e. The number of aliphatic hydroxyl groups is 1. The first-order valence-electron chi connectivity index (χ1n) is 10.1. The molecule has 1 atom stereocenters. The largest absolute Gasteiger partial charge is 0.494 e. The highest BCUT2D eigenvalue weighted by Gasteiger charge is 2.27. The van der Waals surface area contributed by atoms with E-state index in [1.54, 1.807) is 11.8 Å². The van der Waals surface area contributed by atoms with Gasteiger partial charge in [-0.2, -0.15) is 0 Å². The molecule has 0 aliphatic carbocycles. The van der Waals surface area contributed by atoms with Gasteiger partial charge in [0.25, 0.3) is 0 Å². The molecule has 1 aliphatic rings. The number of para-hydroxylation sites is 1. The molecule has 4 nitrogen and oxygen atoms in total. The highest BCUT2D eigenvalue weighted by Crippen LogP contribution is 2.24. The zero-order chi connectivity index (χ0) is 19.8. The van der Waals surface area contributed by atoms with Crippen LogP contribution in [0.4, 0.5) is 0 Å². The first-order valence-corrected chi connectivity index (χ1v) is 11.4. The van der Waals surface area contributed by atoms with Crippen LogP contribution < -0.4 is 4.74 Å². The monoisotopic (exact) mass is 400 g/mol. The van der Waals surface area contributed by atoms with Crippen LogP contribution in [0.15, 0.2) is 53.4 Å². The highest BCUT2D eigenvalue weighted by atomic mass is 32.2. The van der Waals surface area contributed by atoms with E-state index in [2.05, 4.69) is 52.5 Å². The average Bonchev–Trinajstić information content (AvgIpc) is 2.72. The second-order valence-corrected chi connectivity index (χ2v) is 8.14. The molecule has 1 fully saturated rings. The van der Waals surface area contributed by atoms with Crippen LogP contribution in [0.5, 0.6) is 5.75 Å². The third kappa shape index (κ3) is 5.74. The molecule has 0 saturated carbocycles. The number of rotatable bonds is 9. The minimum Gasteiger partial charge on any atom is -0.494 e. The van der Waals surface area contributed by atoms with Crippen LogP contribution in [0, 0.1) is 0 Å². The van der Waals surface area contributed by atoms with Crippen molar-refractivity contribution in [1.82, 2.24) is 9.80 Å². The molecule has 2 aromatic carbocycles. The zero-order valence-electron chi connectivity index (χ0n) is 17.0. The molecule has 0 aromatic heterocycles. The zero-order valence-corrected chi connectivity index (χ0v) is 17.8. The van der Waals surface area contributed by atoms with E-state index in [1.165, 1.54) is 16.0 Å². The molecule has 0 amide bonds. The summed E-state index contributed by atoms with van der Waals surface area (Å²) in [7, 11) is 0. The van der Waals surface area contributed by atoms with Crippen molar-refractivity contribution >= 4 is 11.8 Å². The minimum atomic E-state index is 0.227. The van der Waals surface area contributed by atoms with Crippen molar-refractivity contribution in [3.8, 4) is 5.75 Å². The van der Waals surface area contributed by atoms with Crippen molar-refractivity contribution in [2.75, 3.05) is 39.1 Å². The predicted octanol–water partition coefficient (Wildman–Crippen LogP) is 3.88. The van der Waals surface area contributed by atoms with Gasteiger partial charge in [0.15, 0.2) is 0 Å². The summed E-state index contributed by atoms with van der Waals surface area (Å²) in [4.78, 5) is 6.32. The molecule has 152 valence electrons. The molecule has 0 bridgehead atoms. The lowest BCUT2D eigenvalue weighted by molar-refractivity contribution is 0.0494. The normalized spacial score (nSPS) is 18.3. The fourth-order valence-corrected chi connectivity index (χ4v) is 4.28. The number of piperazine rings is 1. The fraction of sp³-hybridized carbons (Fsp3) is 0.478. The summed E-state index contributed by atoms with van der Waals surface area (Å²) in [6.07, 6.45) is 2.91. The number of ether oxygens (including phenoxy) is 1. The summed E-state index contributed by atoms with van der Waals surface area (Å²) >= 11 is 1.78. The summed E-state index contributed by atoms with van der Waals surface area (Å²) in [5.74, 6) is 0.976. The summed E-state index contributed by atoms with van der Waals surface area (Å²) in [5.41, 5.74) is 2.59. The van der Waals surface area contributed by atoms with Crippen molar-refractivity contribution in [3.63, 3.8) is 0 Å². The Bertz CT molecular complexity index is 723. The number of hydrogen-bond donors (Lipinski definition) is 1. The fourth-order valence-electron chi connectivity index (χ4n) is 3.87. The van der Waals surface area contributed by atoms with Crippen molar-refractivity contribution in [2.45, 2.75) is 37.4 Å². The Kier molecular flexibility index (Phi) is 8.22. The lowest BCUT2D eigenvalue weighted by atomic mass is 10.1. The van der Waals surface area contributed by atoms with Crippen molar-refractivity contribution in [2.24, 2.45) is 0 Å². The van der Waals surface area contributed by atoms with E-state index in [0.717, 1.165) is 44.9 Å². The van der Waals surface area contributed by atoms with Crippen LogP contribution in [0.3, 0.4) is 0 Å². The molecule has 28 heavy (non-hydrogen) atoms. The van der Waals surface area contributed by atoms with Gasteiger partial charge in [-0.25, -0.2) is 0 Å². The molecule has 1 saturated heterocycles. The number of hydrogen-bond acceptors (Lipinski definition) is 5. The number of aliphatic hydroxyl groups excluding tert-OH is 1. The third-order valence-electron chi connectivity index (χ3n) is 5.36. The molecule has 1 aliphatic heterocycles. The molecule has 2 aromatic rings. The maximum atomic E-state index is 9.60. The van der Waals surface area contributed by atoms with Crippen molar-refractivity contribution in [1.29, 1.82) is 0 Å². The van der Waals surface area contributed by atoms with Gasteiger partial charge in [-0.15, -0.1) is 11.8 Å². The van der Waals surface area contributed by atoms with E-state index in [-0.39, 0.29) is 6.61 Å². The standard InChI is InChI=1S/C23H32N2O2S/c1-3-27-23-7-5-4-6-20(23)17-25-14-13-24(18-21(25)12-15-26)16-19-8-10-22(28-2)11-9-19/h4-11,21,26H,3,12-18H2,1-2H3/t21-/m1/s1. The van der Waals surface area contributed by atoms with Gasteiger partial charge in [0.05, 0.1) is 6.61 Å².